The van der Waals surface area contributed by atoms with Crippen molar-refractivity contribution < 1.29 is 43.4 Å². The van der Waals surface area contributed by atoms with Gasteiger partial charge in [0.2, 0.25) is 0 Å². The van der Waals surface area contributed by atoms with Crippen LogP contribution in [0.5, 0.6) is 0 Å². The summed E-state index contributed by atoms with van der Waals surface area (Å²) in [7, 11) is 0. The third kappa shape index (κ3) is 12.2. The van der Waals surface area contributed by atoms with Gasteiger partial charge in [-0.15, -0.1) is 0 Å². The minimum atomic E-state index is 0. The molecule has 0 aliphatic heterocycles. The van der Waals surface area contributed by atoms with Gasteiger partial charge in [0, 0.05) is 22.4 Å². The van der Waals surface area contributed by atoms with Crippen LogP contribution in [0.4, 0.5) is 0 Å². The van der Waals surface area contributed by atoms with Crippen molar-refractivity contribution in [1.29, 1.82) is 5.26 Å². The van der Waals surface area contributed by atoms with Gasteiger partial charge in [0.25, 0.3) is 0 Å². The predicted molar refractivity (Wildman–Crippen MR) is 5.61 cm³/mol. The molecule has 0 spiro atoms. The first kappa shape index (κ1) is 8.88. The molecule has 0 atom stereocenters. The van der Waals surface area contributed by atoms with Crippen molar-refractivity contribution in [3.8, 4) is 4.29 Å². The molecule has 0 fully saturated rings. The van der Waals surface area contributed by atoms with Gasteiger partial charge in [0.15, 0.2) is 0 Å². The Morgan fingerprint density at radius 3 is 1.75 bits per heavy atom. The van der Waals surface area contributed by atoms with Crippen LogP contribution in [0.25, 0.3) is 0 Å². The first-order valence-electron chi connectivity index (χ1n) is 0.374. The standard InChI is InChI=1S/CN.2Au/c1-2;;. The van der Waals surface area contributed by atoms with Crippen LogP contribution in [-0.2, 0) is 43.4 Å². The molecule has 31 valence electrons. The molecule has 0 N–H and O–H groups in total. The van der Waals surface area contributed by atoms with Crippen molar-refractivity contribution in [1.82, 2.24) is 0 Å². The molecule has 0 aliphatic rings. The van der Waals surface area contributed by atoms with E-state index in [4.69, 9.17) is 5.26 Å². The van der Waals surface area contributed by atoms with E-state index < -0.39 is 0 Å². The molecule has 0 saturated heterocycles. The summed E-state index contributed by atoms with van der Waals surface area (Å²) in [6.07, 6.45) is 0. The fraction of sp³-hybridized carbons (Fsp3) is 0. The first-order chi connectivity index (χ1) is 1.41. The predicted octanol–water partition coefficient (Wildman–Crippen LogP) is 0.0118. The average Bonchev–Trinajstić information content (AvgIpc) is 0.918. The molecule has 1 nitrogen and oxygen atoms in total. The molecule has 0 aromatic rings. The zero-order chi connectivity index (χ0) is 2.71. The molecular weight excluding hydrogens is 420 g/mol. The summed E-state index contributed by atoms with van der Waals surface area (Å²) in [5.41, 5.74) is 0. The Morgan fingerprint density at radius 2 is 1.75 bits per heavy atom. The Labute approximate surface area is 52.8 Å². The molecular formula is CAu2N. The monoisotopic (exact) mass is 420 g/mol. The van der Waals surface area contributed by atoms with Crippen molar-refractivity contribution in [2.45, 2.75) is 0 Å². The van der Waals surface area contributed by atoms with Gasteiger partial charge >= 0.3 is 30.6 Å². The van der Waals surface area contributed by atoms with Gasteiger partial charge in [0.05, 0.1) is 0 Å². The minimum Gasteiger partial charge on any atom is 0 e. The molecule has 0 heterocycles. The Bertz CT molecular complexity index is 27.5. The first-order valence-corrected chi connectivity index (χ1v) is 1.46. The smallest absolute Gasteiger partial charge is 0 e. The fourth-order valence-corrected chi connectivity index (χ4v) is 0. The van der Waals surface area contributed by atoms with E-state index in [1.54, 1.807) is 25.4 Å². The van der Waals surface area contributed by atoms with Gasteiger partial charge < -0.3 is 0 Å². The van der Waals surface area contributed by atoms with Crippen molar-refractivity contribution in [3.05, 3.63) is 0 Å². The second-order valence-corrected chi connectivity index (χ2v) is 0.552. The second kappa shape index (κ2) is 9.02. The van der Waals surface area contributed by atoms with Crippen molar-refractivity contribution in [2.75, 3.05) is 0 Å². The maximum Gasteiger partial charge on any atom is 0 e. The van der Waals surface area contributed by atoms with E-state index in [-0.39, 0.29) is 22.4 Å². The van der Waals surface area contributed by atoms with E-state index in [2.05, 4.69) is 0 Å². The van der Waals surface area contributed by atoms with E-state index >= 15 is 0 Å². The van der Waals surface area contributed by atoms with Crippen molar-refractivity contribution in [3.63, 3.8) is 0 Å². The Hall–Kier alpha value is 0.971. The molecule has 0 aromatic carbocycles. The van der Waals surface area contributed by atoms with Crippen LogP contribution in [0.2, 0.25) is 0 Å². The minimum absolute atomic E-state index is 0. The number of hydrogen-bond donors (Lipinski definition) is 0. The topological polar surface area (TPSA) is 23.8 Å². The van der Waals surface area contributed by atoms with E-state index in [9.17, 15) is 0 Å². The van der Waals surface area contributed by atoms with Crippen LogP contribution >= 0.6 is 0 Å². The van der Waals surface area contributed by atoms with Crippen LogP contribution < -0.4 is 0 Å². The van der Waals surface area contributed by atoms with Crippen LogP contribution in [0, 0.1) is 9.55 Å². The molecule has 4 heavy (non-hydrogen) atoms. The average molecular weight is 420 g/mol. The Morgan fingerprint density at radius 1 is 1.75 bits per heavy atom. The van der Waals surface area contributed by atoms with Crippen LogP contribution in [-0.4, -0.2) is 0 Å². The van der Waals surface area contributed by atoms with Gasteiger partial charge in [-0.3, -0.25) is 0 Å². The summed E-state index contributed by atoms with van der Waals surface area (Å²) in [5, 5.41) is 7.29. The number of nitrogens with zero attached hydrogens (tertiary/aromatic N) is 1. The van der Waals surface area contributed by atoms with Crippen LogP contribution in [0.15, 0.2) is 0 Å². The summed E-state index contributed by atoms with van der Waals surface area (Å²) in [4.78, 5) is 0. The molecule has 0 aliphatic carbocycles. The van der Waals surface area contributed by atoms with Gasteiger partial charge in [-0.05, 0) is 0 Å². The SMILES string of the molecule is N#[C][Au].[Au]. The van der Waals surface area contributed by atoms with Crippen molar-refractivity contribution in [2.24, 2.45) is 0 Å². The van der Waals surface area contributed by atoms with Gasteiger partial charge in [-0.25, -0.2) is 0 Å². The number of hydrogen-bond acceptors (Lipinski definition) is 1. The van der Waals surface area contributed by atoms with Crippen LogP contribution in [0.3, 0.4) is 0 Å². The zero-order valence-electron chi connectivity index (χ0n) is 1.55. The normalized spacial score (nSPS) is 2.25. The Kier molecular flexibility index (Phi) is 20.0. The molecule has 0 rings (SSSR count). The van der Waals surface area contributed by atoms with Gasteiger partial charge in [-0.1, -0.05) is 0 Å². The van der Waals surface area contributed by atoms with Gasteiger partial charge in [0.1, 0.15) is 0 Å². The molecule has 0 unspecified atom stereocenters. The maximum atomic E-state index is 7.29. The molecule has 0 aromatic heterocycles. The summed E-state index contributed by atoms with van der Waals surface area (Å²) in [6.45, 7) is 0. The summed E-state index contributed by atoms with van der Waals surface area (Å²) in [6, 6.07) is 0. The van der Waals surface area contributed by atoms with E-state index in [1.165, 1.54) is 0 Å². The number of nitriles is 1. The van der Waals surface area contributed by atoms with E-state index in [0.29, 0.717) is 0 Å². The molecule has 0 amide bonds. The summed E-state index contributed by atoms with van der Waals surface area (Å²) < 4.78 is 1.69. The quantitative estimate of drug-likeness (QED) is 0.508. The third-order valence-electron chi connectivity index (χ3n) is 0. The Balaban J connectivity index is 0. The van der Waals surface area contributed by atoms with Gasteiger partial charge in [-0.2, -0.15) is 0 Å². The zero-order valence-corrected chi connectivity index (χ0v) is 5.88. The largest absolute Gasteiger partial charge is 0 e. The van der Waals surface area contributed by atoms with E-state index in [0.717, 1.165) is 0 Å². The molecule has 0 saturated carbocycles. The van der Waals surface area contributed by atoms with E-state index in [1.807, 2.05) is 0 Å². The number of rotatable bonds is 0. The molecule has 0 bridgehead atoms. The molecule has 1 radical (unpaired) electrons. The third-order valence-corrected chi connectivity index (χ3v) is 0. The summed E-state index contributed by atoms with van der Waals surface area (Å²) >= 11 is 1.73. The maximum absolute atomic E-state index is 7.29. The fourth-order valence-electron chi connectivity index (χ4n) is 0. The summed E-state index contributed by atoms with van der Waals surface area (Å²) in [5.74, 6) is 0. The van der Waals surface area contributed by atoms with Crippen molar-refractivity contribution >= 4 is 0 Å². The molecule has 3 heteroatoms. The van der Waals surface area contributed by atoms with Crippen LogP contribution in [0.1, 0.15) is 0 Å². The second-order valence-electron chi connectivity index (χ2n) is 0.0674.